The molecule has 288 valence electrons. The molecule has 0 saturated carbocycles. The molecule has 4 bridgehead atoms. The lowest BCUT2D eigenvalue weighted by Gasteiger charge is -2.29. The maximum Gasteiger partial charge on any atom is 0.410 e. The number of amides is 2. The van der Waals surface area contributed by atoms with Crippen molar-refractivity contribution in [3.63, 3.8) is 0 Å². The van der Waals surface area contributed by atoms with E-state index in [-0.39, 0.29) is 69.1 Å². The number of carbonyl (C=O) groups excluding carboxylic acids is 2. The van der Waals surface area contributed by atoms with Gasteiger partial charge in [-0.05, 0) is 39.0 Å². The SMILES string of the molecule is CN(Cc1cccc2c1OCCOCCOCCN(CCN1CCOCC1)S(=O)(=O)c1ccc(cc1)-c1cnc(N)c(n1)C(=O)N2)C(=O)OC(C)(C)C. The molecule has 3 aliphatic rings. The monoisotopic (exact) mass is 755 g/mol. The van der Waals surface area contributed by atoms with Crippen LogP contribution in [-0.4, -0.2) is 136 Å². The van der Waals surface area contributed by atoms with Gasteiger partial charge in [0, 0.05) is 50.9 Å². The zero-order valence-electron chi connectivity index (χ0n) is 30.7. The number of nitrogens with two attached hydrogens (primary N) is 1. The fourth-order valence-electron chi connectivity index (χ4n) is 5.59. The van der Waals surface area contributed by atoms with Crippen molar-refractivity contribution in [3.8, 4) is 17.0 Å². The number of anilines is 2. The van der Waals surface area contributed by atoms with Gasteiger partial charge in [0.25, 0.3) is 5.91 Å². The van der Waals surface area contributed by atoms with Crippen LogP contribution in [0.2, 0.25) is 0 Å². The number of carbonyl (C=O) groups is 2. The van der Waals surface area contributed by atoms with Gasteiger partial charge in [-0.2, -0.15) is 4.31 Å². The fourth-order valence-corrected chi connectivity index (χ4v) is 7.01. The number of aromatic nitrogens is 2. The molecule has 1 fully saturated rings. The van der Waals surface area contributed by atoms with Crippen molar-refractivity contribution in [2.24, 2.45) is 0 Å². The minimum Gasteiger partial charge on any atom is -0.489 e. The molecule has 3 N–H and O–H groups in total. The van der Waals surface area contributed by atoms with Crippen LogP contribution in [0.1, 0.15) is 36.8 Å². The maximum atomic E-state index is 13.9. The van der Waals surface area contributed by atoms with Gasteiger partial charge in [0.15, 0.2) is 11.5 Å². The molecule has 2 aromatic carbocycles. The number of morpholine rings is 1. The first kappa shape index (κ1) is 39.8. The highest BCUT2D eigenvalue weighted by atomic mass is 32.2. The van der Waals surface area contributed by atoms with Crippen molar-refractivity contribution in [2.45, 2.75) is 37.8 Å². The van der Waals surface area contributed by atoms with Crippen LogP contribution in [0.15, 0.2) is 53.6 Å². The van der Waals surface area contributed by atoms with Crippen LogP contribution in [0.3, 0.4) is 0 Å². The number of para-hydroxylation sites is 1. The zero-order chi connectivity index (χ0) is 38.0. The van der Waals surface area contributed by atoms with Crippen LogP contribution in [0.4, 0.5) is 16.3 Å². The molecule has 17 heteroatoms. The largest absolute Gasteiger partial charge is 0.489 e. The molecule has 1 saturated heterocycles. The highest BCUT2D eigenvalue weighted by Gasteiger charge is 2.27. The standard InChI is InChI=1S/C36H49N7O9S/c1-36(2,3)52-35(45)41(4)25-27-6-5-7-29-32(27)51-23-22-50-21-20-49-19-16-43(13-12-42-14-17-48-18-15-42)53(46,47)28-10-8-26(9-11-28)30-24-38-33(37)31(39-30)34(44)40-29/h5-11,24H,12-23,25H2,1-4H3,(H2,37,38)(H,40,44). The Morgan fingerprint density at radius 1 is 0.943 bits per heavy atom. The molecule has 1 aromatic heterocycles. The molecule has 53 heavy (non-hydrogen) atoms. The first-order chi connectivity index (χ1) is 25.3. The Morgan fingerprint density at radius 3 is 2.32 bits per heavy atom. The quantitative estimate of drug-likeness (QED) is 0.362. The second-order valence-electron chi connectivity index (χ2n) is 13.5. The number of fused-ring (bicyclic) bond motifs is 13. The van der Waals surface area contributed by atoms with E-state index in [0.717, 1.165) is 13.1 Å². The number of hydrogen-bond acceptors (Lipinski definition) is 13. The van der Waals surface area contributed by atoms with Gasteiger partial charge in [0.1, 0.15) is 18.0 Å². The van der Waals surface area contributed by atoms with Crippen LogP contribution in [0.25, 0.3) is 11.3 Å². The Morgan fingerprint density at radius 2 is 1.60 bits per heavy atom. The summed E-state index contributed by atoms with van der Waals surface area (Å²) in [5.74, 6) is -0.422. The van der Waals surface area contributed by atoms with Gasteiger partial charge >= 0.3 is 6.09 Å². The number of nitrogen functional groups attached to an aromatic ring is 1. The number of hydrogen-bond donors (Lipinski definition) is 2. The van der Waals surface area contributed by atoms with Crippen LogP contribution < -0.4 is 15.8 Å². The Kier molecular flexibility index (Phi) is 13.6. The molecule has 6 rings (SSSR count). The van der Waals surface area contributed by atoms with E-state index in [2.05, 4.69) is 20.2 Å². The van der Waals surface area contributed by atoms with E-state index >= 15 is 0 Å². The molecule has 0 aliphatic carbocycles. The van der Waals surface area contributed by atoms with Crippen LogP contribution >= 0.6 is 0 Å². The second-order valence-corrected chi connectivity index (χ2v) is 15.5. The second kappa shape index (κ2) is 18.1. The molecule has 3 aromatic rings. The van der Waals surface area contributed by atoms with Crippen molar-refractivity contribution in [1.29, 1.82) is 0 Å². The van der Waals surface area contributed by atoms with Gasteiger partial charge in [-0.25, -0.2) is 23.2 Å². The van der Waals surface area contributed by atoms with Crippen molar-refractivity contribution in [3.05, 3.63) is 59.9 Å². The summed E-state index contributed by atoms with van der Waals surface area (Å²) in [6, 6.07) is 11.4. The smallest absolute Gasteiger partial charge is 0.410 e. The summed E-state index contributed by atoms with van der Waals surface area (Å²) in [5, 5.41) is 2.84. The summed E-state index contributed by atoms with van der Waals surface area (Å²) in [6.07, 6.45) is 0.897. The number of benzene rings is 2. The summed E-state index contributed by atoms with van der Waals surface area (Å²) in [6.45, 7) is 10.1. The minimum atomic E-state index is -3.88. The highest BCUT2D eigenvalue weighted by molar-refractivity contribution is 7.89. The molecule has 0 spiro atoms. The maximum absolute atomic E-state index is 13.9. The third-order valence-corrected chi connectivity index (χ3v) is 10.3. The van der Waals surface area contributed by atoms with Crippen molar-refractivity contribution in [2.75, 3.05) is 97.1 Å². The fraction of sp³-hybridized carbons (Fsp3) is 0.500. The average molecular weight is 756 g/mol. The van der Waals surface area contributed by atoms with Crippen LogP contribution in [-0.2, 0) is 35.5 Å². The van der Waals surface area contributed by atoms with Gasteiger partial charge in [-0.1, -0.05) is 24.3 Å². The van der Waals surface area contributed by atoms with Crippen LogP contribution in [0.5, 0.6) is 5.75 Å². The Hall–Kier alpha value is -4.39. The van der Waals surface area contributed by atoms with Gasteiger partial charge in [0.05, 0.1) is 68.7 Å². The summed E-state index contributed by atoms with van der Waals surface area (Å²) in [7, 11) is -2.27. The van der Waals surface area contributed by atoms with Gasteiger partial charge in [0.2, 0.25) is 10.0 Å². The molecule has 16 nitrogen and oxygen atoms in total. The zero-order valence-corrected chi connectivity index (χ0v) is 31.5. The Labute approximate surface area is 310 Å². The van der Waals surface area contributed by atoms with Gasteiger partial charge in [-0.3, -0.25) is 9.69 Å². The van der Waals surface area contributed by atoms with E-state index in [1.165, 1.54) is 27.5 Å². The molecule has 4 heterocycles. The predicted octanol–water partition coefficient (Wildman–Crippen LogP) is 3.09. The molecule has 0 unspecified atom stereocenters. The molecule has 3 aliphatic heterocycles. The summed E-state index contributed by atoms with van der Waals surface area (Å²) >= 11 is 0. The average Bonchev–Trinajstić information content (AvgIpc) is 3.12. The lowest BCUT2D eigenvalue weighted by molar-refractivity contribution is 0.0270. The predicted molar refractivity (Wildman–Crippen MR) is 197 cm³/mol. The lowest BCUT2D eigenvalue weighted by atomic mass is 10.1. The Bertz CT molecular complexity index is 1810. The number of nitrogens with zero attached hydrogens (tertiary/aromatic N) is 5. The number of ether oxygens (including phenoxy) is 5. The van der Waals surface area contributed by atoms with E-state index in [4.69, 9.17) is 29.4 Å². The topological polar surface area (TPSA) is 188 Å². The van der Waals surface area contributed by atoms with E-state index < -0.39 is 27.6 Å². The van der Waals surface area contributed by atoms with Gasteiger partial charge in [-0.15, -0.1) is 0 Å². The third kappa shape index (κ3) is 11.1. The molecule has 0 radical (unpaired) electrons. The highest BCUT2D eigenvalue weighted by Crippen LogP contribution is 2.31. The van der Waals surface area contributed by atoms with Gasteiger partial charge < -0.3 is 39.6 Å². The van der Waals surface area contributed by atoms with Crippen molar-refractivity contribution >= 4 is 33.5 Å². The van der Waals surface area contributed by atoms with E-state index in [1.54, 1.807) is 58.2 Å². The molecular weight excluding hydrogens is 707 g/mol. The van der Waals surface area contributed by atoms with E-state index in [1.807, 2.05) is 0 Å². The van der Waals surface area contributed by atoms with Crippen molar-refractivity contribution in [1.82, 2.24) is 24.1 Å². The number of sulfonamides is 1. The van der Waals surface area contributed by atoms with Crippen LogP contribution in [0, 0.1) is 0 Å². The third-order valence-electron chi connectivity index (χ3n) is 8.36. The first-order valence-corrected chi connectivity index (χ1v) is 18.9. The lowest BCUT2D eigenvalue weighted by Crippen LogP contribution is -2.44. The first-order valence-electron chi connectivity index (χ1n) is 17.5. The molecule has 0 atom stereocenters. The summed E-state index contributed by atoms with van der Waals surface area (Å²) in [4.78, 5) is 38.9. The molecular formula is C36H49N7O9S. The van der Waals surface area contributed by atoms with E-state index in [9.17, 15) is 18.0 Å². The summed E-state index contributed by atoms with van der Waals surface area (Å²) in [5.41, 5.74) is 7.09. The number of nitrogens with one attached hydrogen (secondary N) is 1. The summed E-state index contributed by atoms with van der Waals surface area (Å²) < 4.78 is 57.8. The normalized spacial score (nSPS) is 18.1. The number of rotatable bonds is 5. The Balaban J connectivity index is 1.42. The minimum absolute atomic E-state index is 0.102. The van der Waals surface area contributed by atoms with Crippen molar-refractivity contribution < 1.29 is 41.7 Å². The van der Waals surface area contributed by atoms with E-state index in [0.29, 0.717) is 48.0 Å². The molecule has 2 amide bonds.